The molecular weight excluding hydrogens is 230 g/mol. The third kappa shape index (κ3) is 2.60. The van der Waals surface area contributed by atoms with Crippen molar-refractivity contribution in [2.75, 3.05) is 14.2 Å². The zero-order valence-electron chi connectivity index (χ0n) is 11.0. The van der Waals surface area contributed by atoms with E-state index in [-0.39, 0.29) is 6.04 Å². The van der Waals surface area contributed by atoms with Gasteiger partial charge in [-0.3, -0.25) is 0 Å². The number of benzene rings is 1. The number of hydrogen-bond acceptors (Lipinski definition) is 4. The van der Waals surface area contributed by atoms with E-state index < -0.39 is 5.60 Å². The van der Waals surface area contributed by atoms with Crippen LogP contribution in [0.4, 0.5) is 0 Å². The number of rotatable bonds is 3. The van der Waals surface area contributed by atoms with E-state index in [1.165, 1.54) is 0 Å². The summed E-state index contributed by atoms with van der Waals surface area (Å²) in [5.41, 5.74) is 5.93. The molecule has 0 heterocycles. The minimum absolute atomic E-state index is 0.0564. The zero-order chi connectivity index (χ0) is 13.2. The Hall–Kier alpha value is -1.26. The fraction of sp³-hybridized carbons (Fsp3) is 0.571. The molecule has 0 aliphatic heterocycles. The predicted molar refractivity (Wildman–Crippen MR) is 69.9 cm³/mol. The van der Waals surface area contributed by atoms with Crippen LogP contribution in [0.15, 0.2) is 18.2 Å². The molecular formula is C14H21NO3. The first-order valence-electron chi connectivity index (χ1n) is 6.29. The first kappa shape index (κ1) is 13.2. The topological polar surface area (TPSA) is 64.7 Å². The van der Waals surface area contributed by atoms with Crippen molar-refractivity contribution in [3.8, 4) is 11.5 Å². The molecule has 0 aromatic heterocycles. The SMILES string of the molecule is COc1cc(OC)cc(C2(O)CCCC(N)C2)c1. The van der Waals surface area contributed by atoms with Gasteiger partial charge >= 0.3 is 0 Å². The Morgan fingerprint density at radius 1 is 1.22 bits per heavy atom. The second kappa shape index (κ2) is 5.16. The molecule has 18 heavy (non-hydrogen) atoms. The van der Waals surface area contributed by atoms with Gasteiger partial charge in [0, 0.05) is 12.1 Å². The summed E-state index contributed by atoms with van der Waals surface area (Å²) in [6.45, 7) is 0. The molecule has 2 unspecified atom stereocenters. The maximum atomic E-state index is 10.8. The standard InChI is InChI=1S/C14H21NO3/c1-17-12-6-10(7-13(8-12)18-2)14(16)5-3-4-11(15)9-14/h6-8,11,16H,3-5,9,15H2,1-2H3. The van der Waals surface area contributed by atoms with Gasteiger partial charge in [0.15, 0.2) is 0 Å². The molecule has 0 bridgehead atoms. The number of hydrogen-bond donors (Lipinski definition) is 2. The fourth-order valence-corrected chi connectivity index (χ4v) is 2.63. The summed E-state index contributed by atoms with van der Waals surface area (Å²) >= 11 is 0. The minimum Gasteiger partial charge on any atom is -0.497 e. The van der Waals surface area contributed by atoms with Crippen LogP contribution < -0.4 is 15.2 Å². The van der Waals surface area contributed by atoms with Gasteiger partial charge in [-0.1, -0.05) is 0 Å². The van der Waals surface area contributed by atoms with Crippen molar-refractivity contribution in [2.24, 2.45) is 5.73 Å². The third-order valence-corrected chi connectivity index (χ3v) is 3.65. The summed E-state index contributed by atoms with van der Waals surface area (Å²) in [5.74, 6) is 1.38. The first-order chi connectivity index (χ1) is 8.57. The van der Waals surface area contributed by atoms with Crippen LogP contribution in [0.1, 0.15) is 31.2 Å². The largest absolute Gasteiger partial charge is 0.497 e. The average Bonchev–Trinajstić information content (AvgIpc) is 2.37. The van der Waals surface area contributed by atoms with Crippen LogP contribution in [0, 0.1) is 0 Å². The molecule has 0 saturated heterocycles. The van der Waals surface area contributed by atoms with Crippen molar-refractivity contribution < 1.29 is 14.6 Å². The van der Waals surface area contributed by atoms with E-state index in [0.29, 0.717) is 17.9 Å². The lowest BCUT2D eigenvalue weighted by Gasteiger charge is -2.36. The van der Waals surface area contributed by atoms with Crippen LogP contribution in [0.3, 0.4) is 0 Å². The minimum atomic E-state index is -0.862. The van der Waals surface area contributed by atoms with Gasteiger partial charge in [-0.15, -0.1) is 0 Å². The number of aliphatic hydroxyl groups is 1. The third-order valence-electron chi connectivity index (χ3n) is 3.65. The fourth-order valence-electron chi connectivity index (χ4n) is 2.63. The van der Waals surface area contributed by atoms with Crippen LogP contribution in [0.5, 0.6) is 11.5 Å². The Morgan fingerprint density at radius 3 is 2.33 bits per heavy atom. The summed E-state index contributed by atoms with van der Waals surface area (Å²) in [4.78, 5) is 0. The van der Waals surface area contributed by atoms with Crippen molar-refractivity contribution in [2.45, 2.75) is 37.3 Å². The maximum absolute atomic E-state index is 10.8. The Kier molecular flexibility index (Phi) is 3.78. The molecule has 1 aromatic rings. The first-order valence-corrected chi connectivity index (χ1v) is 6.29. The van der Waals surface area contributed by atoms with Crippen molar-refractivity contribution >= 4 is 0 Å². The van der Waals surface area contributed by atoms with Crippen molar-refractivity contribution in [1.82, 2.24) is 0 Å². The highest BCUT2D eigenvalue weighted by Crippen LogP contribution is 2.39. The summed E-state index contributed by atoms with van der Waals surface area (Å²) in [5, 5.41) is 10.8. The van der Waals surface area contributed by atoms with E-state index in [2.05, 4.69) is 0 Å². The van der Waals surface area contributed by atoms with Crippen molar-refractivity contribution in [3.05, 3.63) is 23.8 Å². The highest BCUT2D eigenvalue weighted by atomic mass is 16.5. The quantitative estimate of drug-likeness (QED) is 0.859. The Bertz CT molecular complexity index is 399. The molecule has 100 valence electrons. The van der Waals surface area contributed by atoms with Crippen molar-refractivity contribution in [1.29, 1.82) is 0 Å². The summed E-state index contributed by atoms with van der Waals surface area (Å²) < 4.78 is 10.5. The lowest BCUT2D eigenvalue weighted by atomic mass is 9.77. The van der Waals surface area contributed by atoms with E-state index in [0.717, 1.165) is 24.8 Å². The predicted octanol–water partition coefficient (Wildman–Crippen LogP) is 1.79. The van der Waals surface area contributed by atoms with Crippen LogP contribution in [0.25, 0.3) is 0 Å². The van der Waals surface area contributed by atoms with Gasteiger partial charge in [-0.25, -0.2) is 0 Å². The number of nitrogens with two attached hydrogens (primary N) is 1. The zero-order valence-corrected chi connectivity index (χ0v) is 11.0. The molecule has 1 saturated carbocycles. The highest BCUT2D eigenvalue weighted by Gasteiger charge is 2.35. The molecule has 1 fully saturated rings. The highest BCUT2D eigenvalue weighted by molar-refractivity contribution is 5.41. The van der Waals surface area contributed by atoms with Crippen LogP contribution in [-0.4, -0.2) is 25.4 Å². The molecule has 0 spiro atoms. The number of methoxy groups -OCH3 is 2. The summed E-state index contributed by atoms with van der Waals surface area (Å²) in [6.07, 6.45) is 3.24. The van der Waals surface area contributed by atoms with Gasteiger partial charge in [0.05, 0.1) is 19.8 Å². The van der Waals surface area contributed by atoms with Gasteiger partial charge in [0.25, 0.3) is 0 Å². The second-order valence-corrected chi connectivity index (χ2v) is 4.99. The van der Waals surface area contributed by atoms with Gasteiger partial charge in [0.1, 0.15) is 11.5 Å². The van der Waals surface area contributed by atoms with E-state index >= 15 is 0 Å². The smallest absolute Gasteiger partial charge is 0.122 e. The average molecular weight is 251 g/mol. The Labute approximate surface area is 108 Å². The summed E-state index contributed by atoms with van der Waals surface area (Å²) in [6, 6.07) is 5.58. The Morgan fingerprint density at radius 2 is 1.83 bits per heavy atom. The summed E-state index contributed by atoms with van der Waals surface area (Å²) in [7, 11) is 3.21. The molecule has 3 N–H and O–H groups in total. The van der Waals surface area contributed by atoms with Gasteiger partial charge in [-0.2, -0.15) is 0 Å². The second-order valence-electron chi connectivity index (χ2n) is 4.99. The van der Waals surface area contributed by atoms with E-state index in [1.807, 2.05) is 12.1 Å². The normalized spacial score (nSPS) is 27.9. The molecule has 0 radical (unpaired) electrons. The van der Waals surface area contributed by atoms with Gasteiger partial charge in [0.2, 0.25) is 0 Å². The van der Waals surface area contributed by atoms with E-state index in [4.69, 9.17) is 15.2 Å². The lowest BCUT2D eigenvalue weighted by Crippen LogP contribution is -2.39. The van der Waals surface area contributed by atoms with Crippen LogP contribution in [0.2, 0.25) is 0 Å². The molecule has 1 aliphatic rings. The molecule has 0 amide bonds. The molecule has 4 heteroatoms. The molecule has 1 aromatic carbocycles. The molecule has 4 nitrogen and oxygen atoms in total. The molecule has 1 aliphatic carbocycles. The Balaban J connectivity index is 2.36. The lowest BCUT2D eigenvalue weighted by molar-refractivity contribution is -0.00748. The van der Waals surface area contributed by atoms with Crippen LogP contribution >= 0.6 is 0 Å². The van der Waals surface area contributed by atoms with Gasteiger partial charge < -0.3 is 20.3 Å². The van der Waals surface area contributed by atoms with Crippen molar-refractivity contribution in [3.63, 3.8) is 0 Å². The maximum Gasteiger partial charge on any atom is 0.122 e. The van der Waals surface area contributed by atoms with Gasteiger partial charge in [-0.05, 0) is 43.4 Å². The number of ether oxygens (including phenoxy) is 2. The monoisotopic (exact) mass is 251 g/mol. The van der Waals surface area contributed by atoms with E-state index in [1.54, 1.807) is 20.3 Å². The van der Waals surface area contributed by atoms with Crippen LogP contribution in [-0.2, 0) is 5.60 Å². The molecule has 2 rings (SSSR count). The molecule has 2 atom stereocenters. The van der Waals surface area contributed by atoms with E-state index in [9.17, 15) is 5.11 Å².